The topological polar surface area (TPSA) is 65.7 Å². The molecule has 0 spiro atoms. The van der Waals surface area contributed by atoms with E-state index in [0.29, 0.717) is 35.6 Å². The molecule has 0 fully saturated rings. The lowest BCUT2D eigenvalue weighted by Crippen LogP contribution is -2.23. The molecule has 0 unspecified atom stereocenters. The monoisotopic (exact) mass is 431 g/mol. The molecule has 0 radical (unpaired) electrons. The predicted octanol–water partition coefficient (Wildman–Crippen LogP) is 4.77. The number of ketones is 1. The number of methoxy groups -OCH3 is 2. The van der Waals surface area contributed by atoms with E-state index in [9.17, 15) is 9.18 Å². The van der Waals surface area contributed by atoms with Gasteiger partial charge in [0, 0.05) is 30.2 Å². The number of rotatable bonds is 4. The molecule has 0 bridgehead atoms. The maximum absolute atomic E-state index is 13.4. The number of benzene rings is 2. The van der Waals surface area contributed by atoms with E-state index in [1.54, 1.807) is 37.1 Å². The summed E-state index contributed by atoms with van der Waals surface area (Å²) in [4.78, 5) is 17.6. The van der Waals surface area contributed by atoms with Crippen LogP contribution in [0.5, 0.6) is 11.5 Å². The second-order valence-electron chi connectivity index (χ2n) is 7.96. The van der Waals surface area contributed by atoms with Crippen molar-refractivity contribution in [2.75, 3.05) is 14.2 Å². The molecule has 6 nitrogen and oxygen atoms in total. The fourth-order valence-corrected chi connectivity index (χ4v) is 4.54. The minimum Gasteiger partial charge on any atom is -0.497 e. The first-order chi connectivity index (χ1) is 15.5. The van der Waals surface area contributed by atoms with Crippen molar-refractivity contribution >= 4 is 11.4 Å². The van der Waals surface area contributed by atoms with Gasteiger partial charge in [0.05, 0.1) is 31.2 Å². The Morgan fingerprint density at radius 1 is 1.06 bits per heavy atom. The lowest BCUT2D eigenvalue weighted by molar-refractivity contribution is 0.0961. The average molecular weight is 431 g/mol. The highest BCUT2D eigenvalue weighted by Gasteiger charge is 2.31. The van der Waals surface area contributed by atoms with Crippen LogP contribution in [0.3, 0.4) is 0 Å². The van der Waals surface area contributed by atoms with Crippen molar-refractivity contribution in [2.45, 2.75) is 25.7 Å². The summed E-state index contributed by atoms with van der Waals surface area (Å²) in [5.41, 5.74) is 5.48. The number of aromatic nitrogens is 3. The molecule has 0 aliphatic heterocycles. The third-order valence-corrected chi connectivity index (χ3v) is 6.10. The van der Waals surface area contributed by atoms with E-state index in [1.165, 1.54) is 12.1 Å². The Kier molecular flexibility index (Phi) is 4.89. The van der Waals surface area contributed by atoms with Gasteiger partial charge in [-0.2, -0.15) is 5.10 Å². The van der Waals surface area contributed by atoms with E-state index in [1.807, 2.05) is 25.1 Å². The van der Waals surface area contributed by atoms with Crippen LogP contribution >= 0.6 is 0 Å². The molecular formula is C25H22FN3O3. The molecule has 1 aliphatic rings. The van der Waals surface area contributed by atoms with Crippen LogP contribution in [-0.4, -0.2) is 34.6 Å². The van der Waals surface area contributed by atoms with E-state index in [-0.39, 0.29) is 17.5 Å². The lowest BCUT2D eigenvalue weighted by Gasteiger charge is -2.25. The molecule has 32 heavy (non-hydrogen) atoms. The molecule has 162 valence electrons. The highest BCUT2D eigenvalue weighted by Crippen LogP contribution is 2.39. The molecule has 2 heterocycles. The van der Waals surface area contributed by atoms with Crippen molar-refractivity contribution in [3.63, 3.8) is 0 Å². The molecule has 2 aromatic carbocycles. The van der Waals surface area contributed by atoms with E-state index in [0.717, 1.165) is 28.1 Å². The SMILES string of the molecule is COc1ccc([C@@H]2CC(=O)c3cnc4c(-c5ccc(F)cc5)c(C)nn4c3C2)c(OC)c1. The predicted molar refractivity (Wildman–Crippen MR) is 118 cm³/mol. The van der Waals surface area contributed by atoms with Crippen LogP contribution in [0.2, 0.25) is 0 Å². The van der Waals surface area contributed by atoms with Gasteiger partial charge in [-0.3, -0.25) is 4.79 Å². The highest BCUT2D eigenvalue weighted by molar-refractivity contribution is 5.99. The molecular weight excluding hydrogens is 409 g/mol. The number of carbonyl (C=O) groups is 1. The van der Waals surface area contributed by atoms with Crippen molar-refractivity contribution in [2.24, 2.45) is 0 Å². The summed E-state index contributed by atoms with van der Waals surface area (Å²) in [6, 6.07) is 12.0. The van der Waals surface area contributed by atoms with E-state index in [2.05, 4.69) is 4.98 Å². The minimum absolute atomic E-state index is 0.0278. The van der Waals surface area contributed by atoms with E-state index >= 15 is 0 Å². The number of hydrogen-bond donors (Lipinski definition) is 0. The van der Waals surface area contributed by atoms with Crippen molar-refractivity contribution in [1.29, 1.82) is 0 Å². The summed E-state index contributed by atoms with van der Waals surface area (Å²) in [6.07, 6.45) is 2.63. The van der Waals surface area contributed by atoms with Gasteiger partial charge in [-0.15, -0.1) is 0 Å². The zero-order valence-corrected chi connectivity index (χ0v) is 18.1. The molecule has 0 saturated carbocycles. The van der Waals surface area contributed by atoms with Gasteiger partial charge in [0.15, 0.2) is 11.4 Å². The first-order valence-corrected chi connectivity index (χ1v) is 10.4. The largest absolute Gasteiger partial charge is 0.497 e. The zero-order valence-electron chi connectivity index (χ0n) is 18.1. The molecule has 0 saturated heterocycles. The van der Waals surface area contributed by atoms with Crippen LogP contribution < -0.4 is 9.47 Å². The third kappa shape index (κ3) is 3.21. The van der Waals surface area contributed by atoms with Gasteiger partial charge in [-0.1, -0.05) is 18.2 Å². The average Bonchev–Trinajstić information content (AvgIpc) is 3.15. The first-order valence-electron chi connectivity index (χ1n) is 10.4. The molecule has 5 rings (SSSR count). The summed E-state index contributed by atoms with van der Waals surface area (Å²) in [5, 5.41) is 4.71. The molecule has 1 aliphatic carbocycles. The van der Waals surface area contributed by atoms with E-state index < -0.39 is 0 Å². The summed E-state index contributed by atoms with van der Waals surface area (Å²) in [5.74, 6) is 1.07. The molecule has 2 aromatic heterocycles. The summed E-state index contributed by atoms with van der Waals surface area (Å²) in [6.45, 7) is 1.90. The number of nitrogens with zero attached hydrogens (tertiary/aromatic N) is 3. The number of aryl methyl sites for hydroxylation is 1. The van der Waals surface area contributed by atoms with Crippen molar-refractivity contribution < 1.29 is 18.7 Å². The van der Waals surface area contributed by atoms with Crippen LogP contribution in [0.4, 0.5) is 4.39 Å². The second kappa shape index (κ2) is 7.75. The van der Waals surface area contributed by atoms with Crippen LogP contribution in [-0.2, 0) is 6.42 Å². The number of carbonyl (C=O) groups excluding carboxylic acids is 1. The zero-order chi connectivity index (χ0) is 22.4. The number of ether oxygens (including phenoxy) is 2. The normalized spacial score (nSPS) is 15.6. The van der Waals surface area contributed by atoms with Gasteiger partial charge in [0.25, 0.3) is 0 Å². The highest BCUT2D eigenvalue weighted by atomic mass is 19.1. The fourth-order valence-electron chi connectivity index (χ4n) is 4.54. The van der Waals surface area contributed by atoms with Crippen LogP contribution in [0.1, 0.15) is 39.6 Å². The Morgan fingerprint density at radius 2 is 1.84 bits per heavy atom. The Morgan fingerprint density at radius 3 is 2.56 bits per heavy atom. The van der Waals surface area contributed by atoms with Crippen molar-refractivity contribution in [1.82, 2.24) is 14.6 Å². The van der Waals surface area contributed by atoms with Gasteiger partial charge < -0.3 is 9.47 Å². The summed E-state index contributed by atoms with van der Waals surface area (Å²) in [7, 11) is 3.22. The fraction of sp³-hybridized carbons (Fsp3) is 0.240. The maximum Gasteiger partial charge on any atom is 0.166 e. The first kappa shape index (κ1) is 20.2. The van der Waals surface area contributed by atoms with Crippen molar-refractivity contribution in [3.05, 3.63) is 77.0 Å². The summed E-state index contributed by atoms with van der Waals surface area (Å²) < 4.78 is 26.1. The molecule has 1 atom stereocenters. The van der Waals surface area contributed by atoms with Crippen LogP contribution in [0.25, 0.3) is 16.8 Å². The Labute approximate surface area is 184 Å². The van der Waals surface area contributed by atoms with Gasteiger partial charge >= 0.3 is 0 Å². The minimum atomic E-state index is -0.296. The smallest absolute Gasteiger partial charge is 0.166 e. The molecule has 4 aromatic rings. The number of fused-ring (bicyclic) bond motifs is 3. The molecule has 7 heteroatoms. The van der Waals surface area contributed by atoms with Gasteiger partial charge in [-0.05, 0) is 42.7 Å². The van der Waals surface area contributed by atoms with Gasteiger partial charge in [0.1, 0.15) is 17.3 Å². The van der Waals surface area contributed by atoms with Crippen LogP contribution in [0, 0.1) is 12.7 Å². The van der Waals surface area contributed by atoms with E-state index in [4.69, 9.17) is 14.6 Å². The lowest BCUT2D eigenvalue weighted by atomic mass is 9.81. The van der Waals surface area contributed by atoms with Gasteiger partial charge in [0.2, 0.25) is 0 Å². The second-order valence-corrected chi connectivity index (χ2v) is 7.96. The molecule has 0 N–H and O–H groups in total. The Bertz CT molecular complexity index is 1350. The number of hydrogen-bond acceptors (Lipinski definition) is 5. The number of halogens is 1. The van der Waals surface area contributed by atoms with Crippen LogP contribution in [0.15, 0.2) is 48.7 Å². The van der Waals surface area contributed by atoms with Gasteiger partial charge in [-0.25, -0.2) is 13.9 Å². The Balaban J connectivity index is 1.63. The molecule has 0 amide bonds. The number of Topliss-reactive ketones (excluding diaryl/α,β-unsaturated/α-hetero) is 1. The Hall–Kier alpha value is -3.74. The van der Waals surface area contributed by atoms with Crippen molar-refractivity contribution in [3.8, 4) is 22.6 Å². The summed E-state index contributed by atoms with van der Waals surface area (Å²) >= 11 is 0. The standard InChI is InChI=1S/C25H22FN3O3/c1-14-24(15-4-6-17(26)7-5-15)25-27-13-20-21(29(25)28-14)10-16(11-22(20)30)19-9-8-18(31-2)12-23(19)32-3/h4-9,12-13,16H,10-11H2,1-3H3/t16-/m0/s1. The third-order valence-electron chi connectivity index (χ3n) is 6.10. The quantitative estimate of drug-likeness (QED) is 0.466. The maximum atomic E-state index is 13.4.